The van der Waals surface area contributed by atoms with Gasteiger partial charge in [0.2, 0.25) is 5.91 Å². The van der Waals surface area contributed by atoms with Crippen LogP contribution in [-0.4, -0.2) is 42.4 Å². The van der Waals surface area contributed by atoms with Gasteiger partial charge in [-0.2, -0.15) is 0 Å². The molecule has 2 atom stereocenters. The Morgan fingerprint density at radius 2 is 1.88 bits per heavy atom. The molecular weight excluding hydrogens is 428 g/mol. The van der Waals surface area contributed by atoms with Crippen molar-refractivity contribution in [2.45, 2.75) is 63.1 Å². The second kappa shape index (κ2) is 9.05. The highest BCUT2D eigenvalue weighted by atomic mass is 19.1. The lowest BCUT2D eigenvalue weighted by Gasteiger charge is -2.30. The maximum absolute atomic E-state index is 13.3. The van der Waals surface area contributed by atoms with E-state index in [4.69, 9.17) is 4.74 Å². The Bertz CT molecular complexity index is 1040. The van der Waals surface area contributed by atoms with Gasteiger partial charge in [-0.15, -0.1) is 0 Å². The largest absolute Gasteiger partial charge is 0.434 e. The van der Waals surface area contributed by atoms with Crippen LogP contribution in [0.4, 0.5) is 14.5 Å². The number of benzene rings is 1. The predicted octanol–water partition coefficient (Wildman–Crippen LogP) is 4.68. The van der Waals surface area contributed by atoms with Gasteiger partial charge >= 0.3 is 5.97 Å². The summed E-state index contributed by atoms with van der Waals surface area (Å²) in [5.74, 6) is 0.359. The third kappa shape index (κ3) is 3.92. The first kappa shape index (κ1) is 22.3. The molecule has 0 radical (unpaired) electrons. The first-order valence-corrected chi connectivity index (χ1v) is 12.1. The van der Waals surface area contributed by atoms with Crippen molar-refractivity contribution in [3.05, 3.63) is 30.0 Å². The minimum atomic E-state index is -1.34. The van der Waals surface area contributed by atoms with Gasteiger partial charge in [-0.1, -0.05) is 32.1 Å². The van der Waals surface area contributed by atoms with Crippen LogP contribution in [0.25, 0.3) is 10.9 Å². The predicted molar refractivity (Wildman–Crippen MR) is 122 cm³/mol. The minimum Gasteiger partial charge on any atom is -0.434 e. The van der Waals surface area contributed by atoms with Gasteiger partial charge < -0.3 is 15.4 Å². The Kier molecular flexibility index (Phi) is 6.12. The molecule has 0 spiro atoms. The molecule has 8 heteroatoms. The Labute approximate surface area is 192 Å². The van der Waals surface area contributed by atoms with Crippen LogP contribution in [0.3, 0.4) is 0 Å². The molecule has 3 aliphatic rings. The summed E-state index contributed by atoms with van der Waals surface area (Å²) in [4.78, 5) is 25.6. The third-order valence-corrected chi connectivity index (χ3v) is 7.75. The maximum atomic E-state index is 13.3. The number of ether oxygens (including phenoxy) is 1. The van der Waals surface area contributed by atoms with Gasteiger partial charge in [0.05, 0.1) is 24.9 Å². The average molecular weight is 460 g/mol. The van der Waals surface area contributed by atoms with Crippen molar-refractivity contribution < 1.29 is 23.1 Å². The fourth-order valence-corrected chi connectivity index (χ4v) is 6.20. The number of hydrogen-bond donors (Lipinski definition) is 2. The normalized spacial score (nSPS) is 24.7. The number of carbonyl (C=O) groups excluding carboxylic acids is 2. The Morgan fingerprint density at radius 3 is 2.61 bits per heavy atom. The molecule has 2 aliphatic heterocycles. The molecule has 2 fully saturated rings. The maximum Gasteiger partial charge on any atom is 0.357 e. The number of cyclic esters (lactones) is 1. The van der Waals surface area contributed by atoms with Gasteiger partial charge in [0, 0.05) is 23.9 Å². The lowest BCUT2D eigenvalue weighted by atomic mass is 9.76. The average Bonchev–Trinajstić information content (AvgIpc) is 3.50. The van der Waals surface area contributed by atoms with Crippen LogP contribution in [0.15, 0.2) is 24.3 Å². The molecule has 1 amide bonds. The number of alkyl halides is 2. The molecule has 1 aromatic carbocycles. The van der Waals surface area contributed by atoms with Crippen molar-refractivity contribution in [2.75, 3.05) is 25.2 Å². The minimum absolute atomic E-state index is 0.0298. The van der Waals surface area contributed by atoms with Gasteiger partial charge in [0.15, 0.2) is 5.72 Å². The fourth-order valence-electron chi connectivity index (χ4n) is 6.20. The lowest BCUT2D eigenvalue weighted by molar-refractivity contribution is -0.119. The fraction of sp³-hybridized carbons (Fsp3) is 0.600. The second-order valence-electron chi connectivity index (χ2n) is 9.62. The number of aromatic nitrogens is 1. The topological polar surface area (TPSA) is 72.4 Å². The molecule has 1 aromatic heterocycles. The molecule has 2 aromatic rings. The van der Waals surface area contributed by atoms with Crippen LogP contribution in [0.5, 0.6) is 0 Å². The third-order valence-electron chi connectivity index (χ3n) is 7.75. The summed E-state index contributed by atoms with van der Waals surface area (Å²) in [5, 5.41) is 7.16. The van der Waals surface area contributed by atoms with Gasteiger partial charge in [0.1, 0.15) is 5.69 Å². The zero-order valence-electron chi connectivity index (χ0n) is 18.7. The van der Waals surface area contributed by atoms with Gasteiger partial charge in [-0.3, -0.25) is 18.1 Å². The molecule has 6 nitrogen and oxygen atoms in total. The van der Waals surface area contributed by atoms with E-state index in [0.717, 1.165) is 18.4 Å². The molecule has 2 N–H and O–H groups in total. The van der Waals surface area contributed by atoms with Gasteiger partial charge in [0.25, 0.3) is 0 Å². The van der Waals surface area contributed by atoms with Crippen LogP contribution in [0, 0.1) is 11.8 Å². The molecular formula is C25H31F2N3O3. The first-order chi connectivity index (χ1) is 16.1. The van der Waals surface area contributed by atoms with E-state index < -0.39 is 25.0 Å². The van der Waals surface area contributed by atoms with Crippen molar-refractivity contribution in [2.24, 2.45) is 11.8 Å². The van der Waals surface area contributed by atoms with Crippen LogP contribution in [-0.2, 0) is 15.3 Å². The highest BCUT2D eigenvalue weighted by Crippen LogP contribution is 2.41. The summed E-state index contributed by atoms with van der Waals surface area (Å²) in [7, 11) is 0. The summed E-state index contributed by atoms with van der Waals surface area (Å²) in [6, 6.07) is 6.84. The number of halogens is 2. The van der Waals surface area contributed by atoms with E-state index in [1.165, 1.54) is 32.1 Å². The second-order valence-corrected chi connectivity index (χ2v) is 9.62. The highest BCUT2D eigenvalue weighted by Gasteiger charge is 2.46. The van der Waals surface area contributed by atoms with E-state index in [1.807, 2.05) is 6.07 Å². The summed E-state index contributed by atoms with van der Waals surface area (Å²) >= 11 is 0. The Morgan fingerprint density at radius 1 is 1.12 bits per heavy atom. The molecule has 1 aliphatic carbocycles. The van der Waals surface area contributed by atoms with Crippen molar-refractivity contribution >= 4 is 28.5 Å². The summed E-state index contributed by atoms with van der Waals surface area (Å²) < 4.78 is 33.6. The molecule has 33 heavy (non-hydrogen) atoms. The summed E-state index contributed by atoms with van der Waals surface area (Å²) in [6.45, 7) is -0.591. The zero-order chi connectivity index (χ0) is 23.0. The number of rotatable bonds is 7. The van der Waals surface area contributed by atoms with Gasteiger partial charge in [-0.25, -0.2) is 4.79 Å². The lowest BCUT2D eigenvalue weighted by Crippen LogP contribution is -2.42. The number of nitrogens with one attached hydrogen (secondary N) is 2. The molecule has 1 saturated heterocycles. The van der Waals surface area contributed by atoms with E-state index in [1.54, 1.807) is 22.8 Å². The van der Waals surface area contributed by atoms with Crippen molar-refractivity contribution in [3.8, 4) is 0 Å². The number of esters is 1. The standard InChI is InChI=1S/C25H31F2N3O3/c26-11-9-25(10-12-27)30-20-7-6-18(14-17(20)15-21(30)24(32)33-25)29-23(31)22-19(8-13-28-22)16-4-2-1-3-5-16/h6-7,14-16,19,22,28H,1-5,8-13H2,(H,29,31)/t19-,22-/m0/s1. The highest BCUT2D eigenvalue weighted by molar-refractivity contribution is 6.01. The van der Waals surface area contributed by atoms with Crippen molar-refractivity contribution in [1.82, 2.24) is 9.88 Å². The number of amides is 1. The van der Waals surface area contributed by atoms with Crippen LogP contribution in [0.2, 0.25) is 0 Å². The van der Waals surface area contributed by atoms with Crippen molar-refractivity contribution in [1.29, 1.82) is 0 Å². The van der Waals surface area contributed by atoms with Gasteiger partial charge in [-0.05, 0) is 49.1 Å². The summed E-state index contributed by atoms with van der Waals surface area (Å²) in [6.07, 6.45) is 7.02. The van der Waals surface area contributed by atoms with Crippen molar-refractivity contribution in [3.63, 3.8) is 0 Å². The van der Waals surface area contributed by atoms with E-state index in [9.17, 15) is 18.4 Å². The monoisotopic (exact) mass is 459 g/mol. The number of carbonyl (C=O) groups is 2. The molecule has 0 bridgehead atoms. The number of hydrogen-bond acceptors (Lipinski definition) is 4. The first-order valence-electron chi connectivity index (χ1n) is 12.1. The van der Waals surface area contributed by atoms with E-state index >= 15 is 0 Å². The SMILES string of the molecule is O=C1OC(CCF)(CCF)n2c1cc1cc(NC(=O)[C@H]3NCC[C@H]3C3CCCCC3)ccc12. The smallest absolute Gasteiger partial charge is 0.357 e. The van der Waals surface area contributed by atoms with Crippen LogP contribution < -0.4 is 10.6 Å². The van der Waals surface area contributed by atoms with Crippen LogP contribution >= 0.6 is 0 Å². The Balaban J connectivity index is 1.38. The molecule has 5 rings (SSSR count). The van der Waals surface area contributed by atoms with E-state index in [0.29, 0.717) is 23.0 Å². The Hall–Kier alpha value is -2.48. The zero-order valence-corrected chi connectivity index (χ0v) is 18.7. The molecule has 0 unspecified atom stereocenters. The van der Waals surface area contributed by atoms with Crippen LogP contribution in [0.1, 0.15) is 61.9 Å². The quantitative estimate of drug-likeness (QED) is 0.590. The van der Waals surface area contributed by atoms with E-state index in [2.05, 4.69) is 10.6 Å². The molecule has 3 heterocycles. The number of fused-ring (bicyclic) bond motifs is 3. The number of anilines is 1. The van der Waals surface area contributed by atoms with E-state index in [-0.39, 0.29) is 30.5 Å². The number of nitrogens with zero attached hydrogens (tertiary/aromatic N) is 1. The molecule has 1 saturated carbocycles. The molecule has 178 valence electrons. The summed E-state index contributed by atoms with van der Waals surface area (Å²) in [5.41, 5.74) is 0.242.